The van der Waals surface area contributed by atoms with E-state index in [2.05, 4.69) is 25.1 Å². The SMILES string of the molecule is CC(=O)Nc1ncc(-c2nc(N3CCOCC3)nc(N3CCOCC3)n2)c(C)n1. The van der Waals surface area contributed by atoms with Crippen molar-refractivity contribution in [1.82, 2.24) is 24.9 Å². The van der Waals surface area contributed by atoms with Crippen LogP contribution in [0.1, 0.15) is 12.6 Å². The molecule has 0 aliphatic carbocycles. The Morgan fingerprint density at radius 2 is 1.48 bits per heavy atom. The highest BCUT2D eigenvalue weighted by Gasteiger charge is 2.22. The number of carbonyl (C=O) groups is 1. The maximum Gasteiger partial charge on any atom is 0.230 e. The van der Waals surface area contributed by atoms with Crippen LogP contribution in [0.3, 0.4) is 0 Å². The van der Waals surface area contributed by atoms with E-state index in [0.29, 0.717) is 55.4 Å². The van der Waals surface area contributed by atoms with Crippen LogP contribution in [0.5, 0.6) is 0 Å². The molecule has 0 radical (unpaired) electrons. The first-order valence-electron chi connectivity index (χ1n) is 9.63. The molecule has 2 saturated heterocycles. The number of ether oxygens (including phenoxy) is 2. The van der Waals surface area contributed by atoms with E-state index >= 15 is 0 Å². The maximum absolute atomic E-state index is 11.3. The average molecular weight is 400 g/mol. The molecule has 0 spiro atoms. The molecule has 2 aromatic heterocycles. The van der Waals surface area contributed by atoms with Crippen LogP contribution in [0.4, 0.5) is 17.8 Å². The van der Waals surface area contributed by atoms with E-state index in [4.69, 9.17) is 24.4 Å². The molecule has 2 aliphatic heterocycles. The van der Waals surface area contributed by atoms with Crippen molar-refractivity contribution in [1.29, 1.82) is 0 Å². The van der Waals surface area contributed by atoms with Gasteiger partial charge in [-0.1, -0.05) is 0 Å². The van der Waals surface area contributed by atoms with E-state index in [-0.39, 0.29) is 11.9 Å². The van der Waals surface area contributed by atoms with Crippen molar-refractivity contribution in [3.8, 4) is 11.4 Å². The summed E-state index contributed by atoms with van der Waals surface area (Å²) in [5, 5.41) is 2.59. The second-order valence-corrected chi connectivity index (χ2v) is 6.83. The first kappa shape index (κ1) is 19.4. The maximum atomic E-state index is 11.3. The lowest BCUT2D eigenvalue weighted by Gasteiger charge is -2.30. The predicted octanol–water partition coefficient (Wildman–Crippen LogP) is 0.269. The number of amides is 1. The molecule has 1 N–H and O–H groups in total. The molecule has 2 aromatic rings. The Kier molecular flexibility index (Phi) is 5.76. The average Bonchev–Trinajstić information content (AvgIpc) is 2.74. The monoisotopic (exact) mass is 400 g/mol. The molecule has 0 atom stereocenters. The number of nitrogens with one attached hydrogen (secondary N) is 1. The van der Waals surface area contributed by atoms with E-state index in [1.54, 1.807) is 6.20 Å². The molecule has 11 heteroatoms. The Morgan fingerprint density at radius 3 is 1.97 bits per heavy atom. The van der Waals surface area contributed by atoms with Gasteiger partial charge < -0.3 is 19.3 Å². The summed E-state index contributed by atoms with van der Waals surface area (Å²) >= 11 is 0. The van der Waals surface area contributed by atoms with Gasteiger partial charge in [-0.05, 0) is 6.92 Å². The largest absolute Gasteiger partial charge is 0.378 e. The minimum Gasteiger partial charge on any atom is -0.378 e. The van der Waals surface area contributed by atoms with Crippen LogP contribution in [0.2, 0.25) is 0 Å². The van der Waals surface area contributed by atoms with E-state index in [0.717, 1.165) is 26.2 Å². The van der Waals surface area contributed by atoms with Crippen LogP contribution < -0.4 is 15.1 Å². The van der Waals surface area contributed by atoms with Crippen molar-refractivity contribution >= 4 is 23.8 Å². The van der Waals surface area contributed by atoms with Gasteiger partial charge >= 0.3 is 0 Å². The molecular weight excluding hydrogens is 376 g/mol. The van der Waals surface area contributed by atoms with Crippen LogP contribution in [0.25, 0.3) is 11.4 Å². The summed E-state index contributed by atoms with van der Waals surface area (Å²) in [6, 6.07) is 0. The predicted molar refractivity (Wildman–Crippen MR) is 106 cm³/mol. The molecule has 11 nitrogen and oxygen atoms in total. The Hall–Kier alpha value is -2.92. The molecule has 0 aromatic carbocycles. The zero-order valence-electron chi connectivity index (χ0n) is 16.6. The van der Waals surface area contributed by atoms with Crippen LogP contribution in [0, 0.1) is 6.92 Å². The van der Waals surface area contributed by atoms with E-state index in [1.807, 2.05) is 6.92 Å². The summed E-state index contributed by atoms with van der Waals surface area (Å²) in [6.45, 7) is 8.72. The lowest BCUT2D eigenvalue weighted by Crippen LogP contribution is -2.40. The lowest BCUT2D eigenvalue weighted by molar-refractivity contribution is -0.114. The van der Waals surface area contributed by atoms with Crippen LogP contribution >= 0.6 is 0 Å². The summed E-state index contributed by atoms with van der Waals surface area (Å²) in [4.78, 5) is 38.2. The first-order valence-corrected chi connectivity index (χ1v) is 9.63. The van der Waals surface area contributed by atoms with Gasteiger partial charge in [0, 0.05) is 39.3 Å². The molecular formula is C18H24N8O3. The zero-order valence-corrected chi connectivity index (χ0v) is 16.6. The zero-order chi connectivity index (χ0) is 20.2. The first-order chi connectivity index (χ1) is 14.1. The van der Waals surface area contributed by atoms with Gasteiger partial charge in [0.2, 0.25) is 23.8 Å². The summed E-state index contributed by atoms with van der Waals surface area (Å²) in [6.07, 6.45) is 1.63. The van der Waals surface area contributed by atoms with Gasteiger partial charge in [0.25, 0.3) is 0 Å². The molecule has 0 unspecified atom stereocenters. The quantitative estimate of drug-likeness (QED) is 0.766. The number of hydrogen-bond donors (Lipinski definition) is 1. The standard InChI is InChI=1S/C18H24N8O3/c1-12-14(11-19-16(20-12)21-13(2)27)15-22-17(25-3-7-28-8-4-25)24-18(23-15)26-5-9-29-10-6-26/h11H,3-10H2,1-2H3,(H,19,20,21,27). The van der Waals surface area contributed by atoms with Gasteiger partial charge in [-0.25, -0.2) is 9.97 Å². The van der Waals surface area contributed by atoms with E-state index < -0.39 is 0 Å². The highest BCUT2D eigenvalue weighted by molar-refractivity contribution is 5.86. The number of aromatic nitrogens is 5. The molecule has 2 fully saturated rings. The molecule has 4 heterocycles. The van der Waals surface area contributed by atoms with Crippen molar-refractivity contribution in [3.05, 3.63) is 11.9 Å². The number of aryl methyl sites for hydroxylation is 1. The Labute approximate surface area is 168 Å². The van der Waals surface area contributed by atoms with Gasteiger partial charge in [-0.2, -0.15) is 15.0 Å². The lowest BCUT2D eigenvalue weighted by atomic mass is 10.2. The van der Waals surface area contributed by atoms with Crippen molar-refractivity contribution in [2.75, 3.05) is 67.7 Å². The third kappa shape index (κ3) is 4.57. The molecule has 0 saturated carbocycles. The number of hydrogen-bond acceptors (Lipinski definition) is 10. The number of carbonyl (C=O) groups excluding carboxylic acids is 1. The smallest absolute Gasteiger partial charge is 0.230 e. The van der Waals surface area contributed by atoms with Crippen molar-refractivity contribution in [2.24, 2.45) is 0 Å². The molecule has 154 valence electrons. The van der Waals surface area contributed by atoms with Crippen molar-refractivity contribution in [2.45, 2.75) is 13.8 Å². The number of morpholine rings is 2. The van der Waals surface area contributed by atoms with Crippen molar-refractivity contribution < 1.29 is 14.3 Å². The fraction of sp³-hybridized carbons (Fsp3) is 0.556. The van der Waals surface area contributed by atoms with Crippen LogP contribution in [-0.4, -0.2) is 83.4 Å². The van der Waals surface area contributed by atoms with Gasteiger partial charge in [0.15, 0.2) is 5.82 Å². The normalized spacial score (nSPS) is 17.3. The summed E-state index contributed by atoms with van der Waals surface area (Å²) < 4.78 is 10.9. The third-order valence-electron chi connectivity index (χ3n) is 4.71. The summed E-state index contributed by atoms with van der Waals surface area (Å²) in [5.41, 5.74) is 1.38. The minimum absolute atomic E-state index is 0.221. The Balaban J connectivity index is 1.72. The van der Waals surface area contributed by atoms with Gasteiger partial charge in [-0.3, -0.25) is 10.1 Å². The molecule has 1 amide bonds. The number of nitrogens with zero attached hydrogens (tertiary/aromatic N) is 7. The molecule has 2 aliphatic rings. The minimum atomic E-state index is -0.221. The fourth-order valence-corrected chi connectivity index (χ4v) is 3.19. The molecule has 29 heavy (non-hydrogen) atoms. The molecule has 4 rings (SSSR count). The van der Waals surface area contributed by atoms with Gasteiger partial charge in [0.1, 0.15) is 0 Å². The second kappa shape index (κ2) is 8.62. The number of rotatable bonds is 4. The van der Waals surface area contributed by atoms with Gasteiger partial charge in [0.05, 0.1) is 37.7 Å². The van der Waals surface area contributed by atoms with Gasteiger partial charge in [-0.15, -0.1) is 0 Å². The van der Waals surface area contributed by atoms with Crippen molar-refractivity contribution in [3.63, 3.8) is 0 Å². The van der Waals surface area contributed by atoms with Crippen LogP contribution in [-0.2, 0) is 14.3 Å². The topological polar surface area (TPSA) is 118 Å². The number of anilines is 3. The highest BCUT2D eigenvalue weighted by Crippen LogP contribution is 2.24. The van der Waals surface area contributed by atoms with E-state index in [1.165, 1.54) is 6.92 Å². The second-order valence-electron chi connectivity index (χ2n) is 6.83. The summed E-state index contributed by atoms with van der Waals surface area (Å²) in [5.74, 6) is 1.78. The Bertz CT molecular complexity index is 845. The molecule has 0 bridgehead atoms. The summed E-state index contributed by atoms with van der Waals surface area (Å²) in [7, 11) is 0. The highest BCUT2D eigenvalue weighted by atomic mass is 16.5. The third-order valence-corrected chi connectivity index (χ3v) is 4.71. The fourth-order valence-electron chi connectivity index (χ4n) is 3.19. The Morgan fingerprint density at radius 1 is 0.931 bits per heavy atom. The van der Waals surface area contributed by atoms with Crippen LogP contribution in [0.15, 0.2) is 6.20 Å². The van der Waals surface area contributed by atoms with E-state index in [9.17, 15) is 4.79 Å².